The van der Waals surface area contributed by atoms with Crippen molar-refractivity contribution in [3.05, 3.63) is 61.6 Å². The first kappa shape index (κ1) is 17.1. The Morgan fingerprint density at radius 3 is 2.26 bits per heavy atom. The van der Waals surface area contributed by atoms with E-state index in [2.05, 4.69) is 14.7 Å². The van der Waals surface area contributed by atoms with Crippen molar-refractivity contribution in [3.8, 4) is 0 Å². The van der Waals surface area contributed by atoms with Gasteiger partial charge >= 0.3 is 5.97 Å². The lowest BCUT2D eigenvalue weighted by Gasteiger charge is -2.07. The highest BCUT2D eigenvalue weighted by atomic mass is 35.5. The van der Waals surface area contributed by atoms with Gasteiger partial charge < -0.3 is 4.74 Å². The number of esters is 1. The molecule has 0 aliphatic rings. The monoisotopic (exact) mass is 356 g/mol. The zero-order valence-electron chi connectivity index (χ0n) is 12.0. The van der Waals surface area contributed by atoms with E-state index in [4.69, 9.17) is 23.2 Å². The Morgan fingerprint density at radius 1 is 1.22 bits per heavy atom. The summed E-state index contributed by atoms with van der Waals surface area (Å²) in [5, 5.41) is 10.8. The number of benzene rings is 1. The van der Waals surface area contributed by atoms with Crippen LogP contribution in [0.25, 0.3) is 0 Å². The number of ether oxygens (including phenoxy) is 1. The Bertz CT molecular complexity index is 727. The number of rotatable bonds is 5. The second-order valence-electron chi connectivity index (χ2n) is 4.55. The van der Waals surface area contributed by atoms with Crippen LogP contribution >= 0.6 is 23.2 Å². The van der Waals surface area contributed by atoms with Crippen LogP contribution in [0, 0.1) is 10.1 Å². The fraction of sp³-hybridized carbons (Fsp3) is 0.214. The maximum absolute atomic E-state index is 11.3. The summed E-state index contributed by atoms with van der Waals surface area (Å²) in [6.07, 6.45) is 0.182. The number of aromatic nitrogens is 2. The molecule has 0 aliphatic carbocycles. The molecule has 1 heterocycles. The number of nitro benzene ring substituents is 1. The van der Waals surface area contributed by atoms with Gasteiger partial charge in [-0.25, -0.2) is 9.97 Å². The van der Waals surface area contributed by atoms with Gasteiger partial charge in [0.2, 0.25) is 0 Å². The molecule has 0 radical (unpaired) electrons. The van der Waals surface area contributed by atoms with Gasteiger partial charge in [0.15, 0.2) is 0 Å². The molecule has 0 aliphatic heterocycles. The minimum Gasteiger partial charge on any atom is -0.469 e. The first-order valence-electron chi connectivity index (χ1n) is 6.41. The quantitative estimate of drug-likeness (QED) is 0.353. The van der Waals surface area contributed by atoms with E-state index >= 15 is 0 Å². The number of carbonyl (C=O) groups excluding carboxylic acids is 1. The van der Waals surface area contributed by atoms with E-state index in [0.29, 0.717) is 17.8 Å². The molecule has 2 rings (SSSR count). The van der Waals surface area contributed by atoms with E-state index < -0.39 is 10.9 Å². The average Bonchev–Trinajstić information content (AvgIpc) is 2.51. The largest absolute Gasteiger partial charge is 0.469 e. The van der Waals surface area contributed by atoms with E-state index in [1.807, 2.05) is 0 Å². The number of carbonyl (C=O) groups is 1. The lowest BCUT2D eigenvalue weighted by Crippen LogP contribution is -2.09. The van der Waals surface area contributed by atoms with Crippen LogP contribution in [0.2, 0.25) is 10.3 Å². The second-order valence-corrected chi connectivity index (χ2v) is 5.27. The summed E-state index contributed by atoms with van der Waals surface area (Å²) < 4.78 is 4.55. The van der Waals surface area contributed by atoms with E-state index in [0.717, 1.165) is 5.56 Å². The van der Waals surface area contributed by atoms with Crippen LogP contribution in [-0.2, 0) is 22.4 Å². The van der Waals surface area contributed by atoms with Gasteiger partial charge in [-0.05, 0) is 5.56 Å². The molecule has 1 aromatic carbocycles. The highest BCUT2D eigenvalue weighted by molar-refractivity contribution is 6.34. The van der Waals surface area contributed by atoms with Crippen molar-refractivity contribution in [1.29, 1.82) is 0 Å². The molecule has 0 bridgehead atoms. The maximum atomic E-state index is 11.3. The maximum Gasteiger partial charge on any atom is 0.310 e. The standard InChI is InChI=1S/C14H11Cl2N3O4/c1-23-12(20)7-10-13(15)17-11(18-14(10)16)6-8-2-4-9(5-3-8)19(21)22/h2-5H,6-7H2,1H3/i11+1. The third kappa shape index (κ3) is 4.37. The van der Waals surface area contributed by atoms with Gasteiger partial charge in [-0.3, -0.25) is 14.9 Å². The molecule has 0 fully saturated rings. The van der Waals surface area contributed by atoms with Crippen LogP contribution in [0.4, 0.5) is 5.69 Å². The molecule has 2 aromatic rings. The Labute approximate surface area is 141 Å². The lowest BCUT2D eigenvalue weighted by atomic mass is 10.2. The molecule has 0 spiro atoms. The molecule has 0 amide bonds. The van der Waals surface area contributed by atoms with Crippen molar-refractivity contribution in [3.63, 3.8) is 0 Å². The summed E-state index contributed by atoms with van der Waals surface area (Å²) in [5.74, 6) is -0.150. The number of nitrogens with zero attached hydrogens (tertiary/aromatic N) is 3. The van der Waals surface area contributed by atoms with Gasteiger partial charge in [-0.15, -0.1) is 0 Å². The fourth-order valence-corrected chi connectivity index (χ4v) is 2.39. The molecule has 0 N–H and O–H groups in total. The summed E-state index contributed by atoms with van der Waals surface area (Å²) >= 11 is 12.1. The van der Waals surface area contributed by atoms with Crippen LogP contribution < -0.4 is 0 Å². The van der Waals surface area contributed by atoms with Crippen LogP contribution in [0.15, 0.2) is 24.3 Å². The van der Waals surface area contributed by atoms with Gasteiger partial charge in [0, 0.05) is 24.1 Å². The molecule has 1 aromatic heterocycles. The van der Waals surface area contributed by atoms with Crippen molar-refractivity contribution >= 4 is 34.9 Å². The first-order valence-corrected chi connectivity index (χ1v) is 7.17. The van der Waals surface area contributed by atoms with Crippen LogP contribution in [0.5, 0.6) is 0 Å². The Balaban J connectivity index is 2.21. The smallest absolute Gasteiger partial charge is 0.310 e. The summed E-state index contributed by atoms with van der Waals surface area (Å²) in [4.78, 5) is 29.6. The van der Waals surface area contributed by atoms with Crippen molar-refractivity contribution in [2.45, 2.75) is 12.8 Å². The normalized spacial score (nSPS) is 10.4. The van der Waals surface area contributed by atoms with Crippen molar-refractivity contribution < 1.29 is 14.5 Å². The predicted molar refractivity (Wildman–Crippen MR) is 83.7 cm³/mol. The first-order chi connectivity index (χ1) is 10.9. The second kappa shape index (κ2) is 7.34. The van der Waals surface area contributed by atoms with Gasteiger partial charge in [0.05, 0.1) is 18.5 Å². The Morgan fingerprint density at radius 2 is 1.78 bits per heavy atom. The Kier molecular flexibility index (Phi) is 5.46. The zero-order valence-corrected chi connectivity index (χ0v) is 13.5. The number of hydrogen-bond donors (Lipinski definition) is 0. The summed E-state index contributed by atoms with van der Waals surface area (Å²) in [6.45, 7) is 0. The minimum atomic E-state index is -0.500. The SMILES string of the molecule is COC(=O)Cc1c(Cl)n[13c](Cc2ccc([N+](=O)[O-])cc2)nc1Cl. The minimum absolute atomic E-state index is 0.000779. The van der Waals surface area contributed by atoms with Crippen LogP contribution in [0.3, 0.4) is 0 Å². The summed E-state index contributed by atoms with van der Waals surface area (Å²) in [6, 6.07) is 5.99. The molecule has 0 unspecified atom stereocenters. The van der Waals surface area contributed by atoms with Gasteiger partial charge in [-0.1, -0.05) is 35.3 Å². The topological polar surface area (TPSA) is 95.2 Å². The van der Waals surface area contributed by atoms with E-state index in [1.54, 1.807) is 12.1 Å². The number of methoxy groups -OCH3 is 1. The lowest BCUT2D eigenvalue weighted by molar-refractivity contribution is -0.384. The number of hydrogen-bond acceptors (Lipinski definition) is 6. The third-order valence-electron chi connectivity index (χ3n) is 3.01. The molecule has 9 heteroatoms. The van der Waals surface area contributed by atoms with Gasteiger partial charge in [0.25, 0.3) is 5.69 Å². The number of non-ortho nitro benzene ring substituents is 1. The van der Waals surface area contributed by atoms with Crippen LogP contribution in [0.1, 0.15) is 17.0 Å². The summed E-state index contributed by atoms with van der Waals surface area (Å²) in [5.41, 5.74) is 1.07. The number of halogens is 2. The van der Waals surface area contributed by atoms with Gasteiger partial charge in [-0.2, -0.15) is 0 Å². The number of nitro groups is 1. The molecule has 120 valence electrons. The fourth-order valence-electron chi connectivity index (χ4n) is 1.83. The average molecular weight is 357 g/mol. The molecule has 0 atom stereocenters. The predicted octanol–water partition coefficient (Wildman–Crippen LogP) is 3.00. The van der Waals surface area contributed by atoms with Gasteiger partial charge in [0.1, 0.15) is 16.1 Å². The van der Waals surface area contributed by atoms with Crippen molar-refractivity contribution in [1.82, 2.24) is 9.97 Å². The molecular weight excluding hydrogens is 346 g/mol. The Hall–Kier alpha value is -2.25. The van der Waals surface area contributed by atoms with E-state index in [9.17, 15) is 14.9 Å². The van der Waals surface area contributed by atoms with E-state index in [1.165, 1.54) is 19.2 Å². The molecule has 23 heavy (non-hydrogen) atoms. The highest BCUT2D eigenvalue weighted by Crippen LogP contribution is 2.23. The van der Waals surface area contributed by atoms with E-state index in [-0.39, 0.29) is 22.4 Å². The highest BCUT2D eigenvalue weighted by Gasteiger charge is 2.16. The molecule has 0 saturated heterocycles. The molecular formula is C14H11Cl2N3O4. The van der Waals surface area contributed by atoms with Crippen molar-refractivity contribution in [2.24, 2.45) is 0 Å². The molecule has 0 saturated carbocycles. The van der Waals surface area contributed by atoms with Crippen molar-refractivity contribution in [2.75, 3.05) is 7.11 Å². The zero-order chi connectivity index (χ0) is 17.0. The van der Waals surface area contributed by atoms with Crippen LogP contribution in [-0.4, -0.2) is 28.0 Å². The summed E-state index contributed by atoms with van der Waals surface area (Å²) in [7, 11) is 1.26. The third-order valence-corrected chi connectivity index (χ3v) is 3.64. The molecule has 7 nitrogen and oxygen atoms in total.